The first-order valence-electron chi connectivity index (χ1n) is 12.2. The van der Waals surface area contributed by atoms with Crippen molar-refractivity contribution in [1.29, 1.82) is 0 Å². The highest BCUT2D eigenvalue weighted by molar-refractivity contribution is 5.79. The third-order valence-electron chi connectivity index (χ3n) is 7.50. The minimum Gasteiger partial charge on any atom is -0.493 e. The molecule has 0 bridgehead atoms. The van der Waals surface area contributed by atoms with E-state index >= 15 is 0 Å². The standard InChI is InChI=1S/C25H34FN3O2/c26-21-14-20(31-16-18-6-7-18)15-22-24(21)25(30)28-23(27-22)9-8-17-10-12-29(13-11-17)19-4-2-1-3-5-19/h14-15,17-19H,1-13,16H2,(H,27,28,30). The van der Waals surface area contributed by atoms with E-state index in [0.29, 0.717) is 35.5 Å². The molecule has 1 aliphatic heterocycles. The number of H-pyrrole nitrogens is 1. The van der Waals surface area contributed by atoms with Crippen molar-refractivity contribution in [2.45, 2.75) is 76.7 Å². The number of benzene rings is 1. The number of hydrogen-bond donors (Lipinski definition) is 1. The molecule has 6 heteroatoms. The average Bonchev–Trinajstić information content (AvgIpc) is 3.61. The second-order valence-corrected chi connectivity index (χ2v) is 9.88. The predicted molar refractivity (Wildman–Crippen MR) is 120 cm³/mol. The minimum absolute atomic E-state index is 0.0308. The number of ether oxygens (including phenoxy) is 1. The van der Waals surface area contributed by atoms with Crippen molar-refractivity contribution < 1.29 is 9.13 Å². The van der Waals surface area contributed by atoms with Gasteiger partial charge in [0.1, 0.15) is 22.8 Å². The maximum Gasteiger partial charge on any atom is 0.261 e. The highest BCUT2D eigenvalue weighted by Gasteiger charge is 2.26. The Kier molecular flexibility index (Phi) is 6.26. The maximum atomic E-state index is 14.5. The number of nitrogens with zero attached hydrogens (tertiary/aromatic N) is 2. The van der Waals surface area contributed by atoms with Gasteiger partial charge in [0.05, 0.1) is 12.1 Å². The van der Waals surface area contributed by atoms with Crippen molar-refractivity contribution >= 4 is 10.9 Å². The highest BCUT2D eigenvalue weighted by atomic mass is 19.1. The molecular formula is C25H34FN3O2. The number of nitrogens with one attached hydrogen (secondary N) is 1. The average molecular weight is 428 g/mol. The van der Waals surface area contributed by atoms with E-state index < -0.39 is 11.4 Å². The lowest BCUT2D eigenvalue weighted by Crippen LogP contribution is -2.42. The van der Waals surface area contributed by atoms with Crippen LogP contribution in [0.25, 0.3) is 10.9 Å². The lowest BCUT2D eigenvalue weighted by molar-refractivity contribution is 0.104. The van der Waals surface area contributed by atoms with Crippen LogP contribution in [0.1, 0.15) is 70.0 Å². The van der Waals surface area contributed by atoms with Crippen LogP contribution in [0.4, 0.5) is 4.39 Å². The van der Waals surface area contributed by atoms with Crippen molar-refractivity contribution in [3.63, 3.8) is 0 Å². The van der Waals surface area contributed by atoms with E-state index in [1.807, 2.05) is 0 Å². The van der Waals surface area contributed by atoms with Crippen LogP contribution in [0.3, 0.4) is 0 Å². The number of rotatable bonds is 7. The van der Waals surface area contributed by atoms with Crippen LogP contribution < -0.4 is 10.3 Å². The number of halogens is 1. The molecule has 1 saturated heterocycles. The number of piperidine rings is 1. The second-order valence-electron chi connectivity index (χ2n) is 9.88. The molecule has 0 radical (unpaired) electrons. The molecule has 0 atom stereocenters. The summed E-state index contributed by atoms with van der Waals surface area (Å²) in [5, 5.41) is 0.0308. The van der Waals surface area contributed by atoms with Crippen LogP contribution >= 0.6 is 0 Å². The summed E-state index contributed by atoms with van der Waals surface area (Å²) in [6.45, 7) is 3.01. The lowest BCUT2D eigenvalue weighted by atomic mass is 9.88. The summed E-state index contributed by atoms with van der Waals surface area (Å²) in [5.41, 5.74) is 0.00928. The van der Waals surface area contributed by atoms with Gasteiger partial charge in [0.15, 0.2) is 0 Å². The first-order valence-corrected chi connectivity index (χ1v) is 12.2. The molecule has 1 N–H and O–H groups in total. The van der Waals surface area contributed by atoms with Gasteiger partial charge in [0.2, 0.25) is 0 Å². The summed E-state index contributed by atoms with van der Waals surface area (Å²) in [6, 6.07) is 3.82. The van der Waals surface area contributed by atoms with Crippen LogP contribution in [0.5, 0.6) is 5.75 Å². The molecule has 31 heavy (non-hydrogen) atoms. The van der Waals surface area contributed by atoms with E-state index in [1.54, 1.807) is 6.07 Å². The topological polar surface area (TPSA) is 58.2 Å². The number of aromatic nitrogens is 2. The Morgan fingerprint density at radius 1 is 1.03 bits per heavy atom. The van der Waals surface area contributed by atoms with Crippen molar-refractivity contribution in [2.75, 3.05) is 19.7 Å². The number of fused-ring (bicyclic) bond motifs is 1. The van der Waals surface area contributed by atoms with Gasteiger partial charge in [0, 0.05) is 24.6 Å². The fraction of sp³-hybridized carbons (Fsp3) is 0.680. The van der Waals surface area contributed by atoms with E-state index in [9.17, 15) is 9.18 Å². The summed E-state index contributed by atoms with van der Waals surface area (Å²) < 4.78 is 20.2. The predicted octanol–water partition coefficient (Wildman–Crippen LogP) is 4.83. The first kappa shape index (κ1) is 20.9. The van der Waals surface area contributed by atoms with Gasteiger partial charge in [0.25, 0.3) is 5.56 Å². The summed E-state index contributed by atoms with van der Waals surface area (Å²) in [6.07, 6.45) is 13.5. The maximum absolute atomic E-state index is 14.5. The zero-order valence-electron chi connectivity index (χ0n) is 18.4. The normalized spacial score (nSPS) is 21.6. The molecule has 168 valence electrons. The molecule has 2 heterocycles. The summed E-state index contributed by atoms with van der Waals surface area (Å²) >= 11 is 0. The number of hydrogen-bond acceptors (Lipinski definition) is 4. The van der Waals surface area contributed by atoms with E-state index in [2.05, 4.69) is 14.9 Å². The molecule has 3 fully saturated rings. The lowest BCUT2D eigenvalue weighted by Gasteiger charge is -2.39. The molecule has 5 rings (SSSR count). The van der Waals surface area contributed by atoms with Gasteiger partial charge >= 0.3 is 0 Å². The van der Waals surface area contributed by atoms with Gasteiger partial charge in [-0.15, -0.1) is 0 Å². The Morgan fingerprint density at radius 2 is 1.81 bits per heavy atom. The fourth-order valence-corrected chi connectivity index (χ4v) is 5.34. The molecule has 5 nitrogen and oxygen atoms in total. The Bertz CT molecular complexity index is 957. The van der Waals surface area contributed by atoms with Gasteiger partial charge in [-0.25, -0.2) is 9.37 Å². The molecule has 2 saturated carbocycles. The Labute approximate surface area is 183 Å². The summed E-state index contributed by atoms with van der Waals surface area (Å²) in [5.74, 6) is 1.83. The Morgan fingerprint density at radius 3 is 2.55 bits per heavy atom. The first-order chi connectivity index (χ1) is 15.2. The number of aromatic amines is 1. The van der Waals surface area contributed by atoms with Gasteiger partial charge in [-0.1, -0.05) is 19.3 Å². The van der Waals surface area contributed by atoms with E-state index in [-0.39, 0.29) is 5.39 Å². The van der Waals surface area contributed by atoms with Crippen molar-refractivity contribution in [3.8, 4) is 5.75 Å². The van der Waals surface area contributed by atoms with Gasteiger partial charge in [-0.2, -0.15) is 0 Å². The van der Waals surface area contributed by atoms with Crippen LogP contribution in [-0.4, -0.2) is 40.6 Å². The SMILES string of the molecule is O=c1[nH]c(CCC2CCN(C3CCCCC3)CC2)nc2cc(OCC3CC3)cc(F)c12. The summed E-state index contributed by atoms with van der Waals surface area (Å²) in [7, 11) is 0. The van der Waals surface area contributed by atoms with Crippen molar-refractivity contribution in [3.05, 3.63) is 34.1 Å². The second kappa shape index (κ2) is 9.27. The molecular weight excluding hydrogens is 393 g/mol. The quantitative estimate of drug-likeness (QED) is 0.688. The Hall–Kier alpha value is -1.95. The molecule has 0 amide bonds. The molecule has 2 aliphatic carbocycles. The summed E-state index contributed by atoms with van der Waals surface area (Å²) in [4.78, 5) is 22.6. The van der Waals surface area contributed by atoms with E-state index in [0.717, 1.165) is 18.9 Å². The third-order valence-corrected chi connectivity index (χ3v) is 7.50. The highest BCUT2D eigenvalue weighted by Crippen LogP contribution is 2.31. The fourth-order valence-electron chi connectivity index (χ4n) is 5.34. The van der Waals surface area contributed by atoms with Gasteiger partial charge < -0.3 is 14.6 Å². The zero-order chi connectivity index (χ0) is 21.2. The van der Waals surface area contributed by atoms with Crippen LogP contribution in [0.15, 0.2) is 16.9 Å². The molecule has 2 aromatic rings. The minimum atomic E-state index is -0.557. The third kappa shape index (κ3) is 5.11. The van der Waals surface area contributed by atoms with Crippen LogP contribution in [0.2, 0.25) is 0 Å². The molecule has 1 aromatic heterocycles. The number of aryl methyl sites for hydroxylation is 1. The monoisotopic (exact) mass is 427 g/mol. The smallest absolute Gasteiger partial charge is 0.261 e. The number of likely N-dealkylation sites (tertiary alicyclic amines) is 1. The van der Waals surface area contributed by atoms with E-state index in [4.69, 9.17) is 4.74 Å². The Balaban J connectivity index is 1.20. The van der Waals surface area contributed by atoms with Crippen LogP contribution in [0, 0.1) is 17.7 Å². The molecule has 0 unspecified atom stereocenters. The molecule has 0 spiro atoms. The van der Waals surface area contributed by atoms with Gasteiger partial charge in [-0.3, -0.25) is 4.79 Å². The van der Waals surface area contributed by atoms with Crippen molar-refractivity contribution in [1.82, 2.24) is 14.9 Å². The van der Waals surface area contributed by atoms with E-state index in [1.165, 1.54) is 76.9 Å². The molecule has 3 aliphatic rings. The zero-order valence-corrected chi connectivity index (χ0v) is 18.4. The van der Waals surface area contributed by atoms with Crippen molar-refractivity contribution in [2.24, 2.45) is 11.8 Å². The van der Waals surface area contributed by atoms with Crippen LogP contribution in [-0.2, 0) is 6.42 Å². The largest absolute Gasteiger partial charge is 0.493 e. The van der Waals surface area contributed by atoms with Gasteiger partial charge in [-0.05, 0) is 69.9 Å². The molecule has 1 aromatic carbocycles.